The Hall–Kier alpha value is -0.170. The van der Waals surface area contributed by atoms with Gasteiger partial charge in [0.1, 0.15) is 9.84 Å². The molecule has 1 atom stereocenters. The van der Waals surface area contributed by atoms with E-state index in [1.807, 2.05) is 0 Å². The van der Waals surface area contributed by atoms with E-state index in [4.69, 9.17) is 4.74 Å². The van der Waals surface area contributed by atoms with Crippen molar-refractivity contribution in [1.82, 2.24) is 10.2 Å². The lowest BCUT2D eigenvalue weighted by atomic mass is 10.3. The molecule has 5 nitrogen and oxygen atoms in total. The molecule has 0 spiro atoms. The zero-order valence-corrected chi connectivity index (χ0v) is 10.9. The van der Waals surface area contributed by atoms with Crippen molar-refractivity contribution >= 4 is 9.84 Å². The molecule has 1 heterocycles. The largest absolute Gasteiger partial charge is 0.379 e. The zero-order chi connectivity index (χ0) is 12.0. The van der Waals surface area contributed by atoms with Crippen molar-refractivity contribution in [3.05, 3.63) is 0 Å². The molecule has 0 radical (unpaired) electrons. The number of nitrogens with zero attached hydrogens (tertiary/aromatic N) is 1. The van der Waals surface area contributed by atoms with Gasteiger partial charge in [-0.2, -0.15) is 0 Å². The molecule has 0 bridgehead atoms. The van der Waals surface area contributed by atoms with E-state index >= 15 is 0 Å². The minimum atomic E-state index is -2.85. The molecule has 1 N–H and O–H groups in total. The minimum Gasteiger partial charge on any atom is -0.379 e. The predicted octanol–water partition coefficient (Wildman–Crippen LogP) is -0.659. The highest BCUT2D eigenvalue weighted by Gasteiger charge is 2.13. The second-order valence-electron chi connectivity index (χ2n) is 4.40. The van der Waals surface area contributed by atoms with E-state index in [1.54, 1.807) is 0 Å². The molecule has 1 saturated heterocycles. The highest BCUT2D eigenvalue weighted by molar-refractivity contribution is 7.90. The van der Waals surface area contributed by atoms with Crippen molar-refractivity contribution in [1.29, 1.82) is 0 Å². The number of morpholine rings is 1. The van der Waals surface area contributed by atoms with Crippen molar-refractivity contribution in [2.75, 3.05) is 51.4 Å². The maximum Gasteiger partial charge on any atom is 0.148 e. The maximum absolute atomic E-state index is 10.9. The van der Waals surface area contributed by atoms with Gasteiger partial charge in [0.05, 0.1) is 19.0 Å². The Balaban J connectivity index is 2.12. The van der Waals surface area contributed by atoms with Gasteiger partial charge in [0.15, 0.2) is 0 Å². The summed E-state index contributed by atoms with van der Waals surface area (Å²) in [5.74, 6) is 0.209. The lowest BCUT2D eigenvalue weighted by Gasteiger charge is -2.29. The summed E-state index contributed by atoms with van der Waals surface area (Å²) >= 11 is 0. The van der Waals surface area contributed by atoms with Crippen LogP contribution in [-0.4, -0.2) is 70.8 Å². The van der Waals surface area contributed by atoms with E-state index in [0.29, 0.717) is 12.6 Å². The Morgan fingerprint density at radius 3 is 2.56 bits per heavy atom. The topological polar surface area (TPSA) is 58.6 Å². The van der Waals surface area contributed by atoms with Gasteiger partial charge in [0, 0.05) is 38.5 Å². The summed E-state index contributed by atoms with van der Waals surface area (Å²) in [6.07, 6.45) is 1.27. The number of rotatable bonds is 6. The normalized spacial score (nSPS) is 20.9. The molecule has 96 valence electrons. The summed E-state index contributed by atoms with van der Waals surface area (Å²) in [7, 11) is -2.85. The highest BCUT2D eigenvalue weighted by atomic mass is 32.2. The monoisotopic (exact) mass is 250 g/mol. The van der Waals surface area contributed by atoms with Gasteiger partial charge < -0.3 is 10.1 Å². The highest BCUT2D eigenvalue weighted by Crippen LogP contribution is 1.98. The molecule has 0 amide bonds. The average molecular weight is 250 g/mol. The number of nitrogens with one attached hydrogen (secondary N) is 1. The van der Waals surface area contributed by atoms with Gasteiger partial charge in [0.2, 0.25) is 0 Å². The van der Waals surface area contributed by atoms with Crippen molar-refractivity contribution in [2.24, 2.45) is 0 Å². The molecular formula is C10H22N2O3S. The molecular weight excluding hydrogens is 228 g/mol. The third-order valence-electron chi connectivity index (χ3n) is 2.60. The zero-order valence-electron chi connectivity index (χ0n) is 10.1. The third kappa shape index (κ3) is 6.42. The number of hydrogen-bond donors (Lipinski definition) is 1. The van der Waals surface area contributed by atoms with Crippen molar-refractivity contribution in [3.8, 4) is 0 Å². The molecule has 16 heavy (non-hydrogen) atoms. The first kappa shape index (κ1) is 13.9. The third-order valence-corrected chi connectivity index (χ3v) is 3.55. The lowest BCUT2D eigenvalue weighted by molar-refractivity contribution is 0.0345. The van der Waals surface area contributed by atoms with Crippen LogP contribution in [0.2, 0.25) is 0 Å². The Morgan fingerprint density at radius 1 is 1.38 bits per heavy atom. The van der Waals surface area contributed by atoms with Gasteiger partial charge in [-0.1, -0.05) is 0 Å². The van der Waals surface area contributed by atoms with Crippen LogP contribution in [0.3, 0.4) is 0 Å². The van der Waals surface area contributed by atoms with Gasteiger partial charge in [-0.3, -0.25) is 4.90 Å². The van der Waals surface area contributed by atoms with E-state index in [0.717, 1.165) is 32.8 Å². The van der Waals surface area contributed by atoms with Crippen LogP contribution in [0.25, 0.3) is 0 Å². The van der Waals surface area contributed by atoms with Gasteiger partial charge in [0.25, 0.3) is 0 Å². The van der Waals surface area contributed by atoms with Crippen molar-refractivity contribution in [3.63, 3.8) is 0 Å². The molecule has 1 rings (SSSR count). The fourth-order valence-electron chi connectivity index (χ4n) is 1.73. The van der Waals surface area contributed by atoms with Gasteiger partial charge in [-0.25, -0.2) is 8.42 Å². The summed E-state index contributed by atoms with van der Waals surface area (Å²) in [5.41, 5.74) is 0. The fourth-order valence-corrected chi connectivity index (χ4v) is 2.21. The smallest absolute Gasteiger partial charge is 0.148 e. The summed E-state index contributed by atoms with van der Waals surface area (Å²) < 4.78 is 27.1. The Kier molecular flexibility index (Phi) is 5.68. The van der Waals surface area contributed by atoms with Crippen LogP contribution >= 0.6 is 0 Å². The molecule has 0 aliphatic carbocycles. The molecule has 0 saturated carbocycles. The van der Waals surface area contributed by atoms with E-state index in [2.05, 4.69) is 17.1 Å². The van der Waals surface area contributed by atoms with Crippen LogP contribution in [0, 0.1) is 0 Å². The Morgan fingerprint density at radius 2 is 2.00 bits per heavy atom. The second kappa shape index (κ2) is 6.54. The Bertz CT molecular complexity index is 286. The van der Waals surface area contributed by atoms with E-state index in [9.17, 15) is 8.42 Å². The standard InChI is InChI=1S/C10H22N2O3S/c1-10(11-3-8-16(2,13)14)9-12-4-6-15-7-5-12/h10-11H,3-9H2,1-2H3. The first-order chi connectivity index (χ1) is 7.47. The molecule has 1 unspecified atom stereocenters. The minimum absolute atomic E-state index is 0.209. The quantitative estimate of drug-likeness (QED) is 0.678. The summed E-state index contributed by atoms with van der Waals surface area (Å²) in [6, 6.07) is 0.319. The van der Waals surface area contributed by atoms with Gasteiger partial charge in [-0.05, 0) is 6.92 Å². The number of ether oxygens (including phenoxy) is 1. The molecule has 0 aromatic heterocycles. The predicted molar refractivity (Wildman–Crippen MR) is 64.4 cm³/mol. The van der Waals surface area contributed by atoms with Crippen LogP contribution in [0.4, 0.5) is 0 Å². The lowest BCUT2D eigenvalue weighted by Crippen LogP contribution is -2.45. The second-order valence-corrected chi connectivity index (χ2v) is 6.66. The molecule has 6 heteroatoms. The average Bonchev–Trinajstić information content (AvgIpc) is 2.17. The van der Waals surface area contributed by atoms with Crippen LogP contribution in [0.5, 0.6) is 0 Å². The molecule has 0 aromatic rings. The molecule has 1 fully saturated rings. The first-order valence-electron chi connectivity index (χ1n) is 5.68. The number of sulfone groups is 1. The van der Waals surface area contributed by atoms with Crippen LogP contribution in [-0.2, 0) is 14.6 Å². The van der Waals surface area contributed by atoms with Crippen LogP contribution < -0.4 is 5.32 Å². The van der Waals surface area contributed by atoms with E-state index in [-0.39, 0.29) is 5.75 Å². The summed E-state index contributed by atoms with van der Waals surface area (Å²) in [5, 5.41) is 3.22. The molecule has 1 aliphatic rings. The van der Waals surface area contributed by atoms with Gasteiger partial charge in [-0.15, -0.1) is 0 Å². The van der Waals surface area contributed by atoms with Crippen molar-refractivity contribution < 1.29 is 13.2 Å². The molecule has 0 aromatic carbocycles. The van der Waals surface area contributed by atoms with Crippen molar-refractivity contribution in [2.45, 2.75) is 13.0 Å². The summed E-state index contributed by atoms with van der Waals surface area (Å²) in [4.78, 5) is 2.33. The fraction of sp³-hybridized carbons (Fsp3) is 1.00. The van der Waals surface area contributed by atoms with Gasteiger partial charge >= 0.3 is 0 Å². The Labute approximate surface area is 98.1 Å². The number of hydrogen-bond acceptors (Lipinski definition) is 5. The first-order valence-corrected chi connectivity index (χ1v) is 7.74. The van der Waals surface area contributed by atoms with E-state index in [1.165, 1.54) is 6.26 Å². The maximum atomic E-state index is 10.9. The molecule has 1 aliphatic heterocycles. The summed E-state index contributed by atoms with van der Waals surface area (Å²) in [6.45, 7) is 7.11. The van der Waals surface area contributed by atoms with E-state index < -0.39 is 9.84 Å². The van der Waals surface area contributed by atoms with Crippen LogP contribution in [0.15, 0.2) is 0 Å². The SMILES string of the molecule is CC(CN1CCOCC1)NCCS(C)(=O)=O. The van der Waals surface area contributed by atoms with Crippen LogP contribution in [0.1, 0.15) is 6.92 Å².